The molecule has 0 atom stereocenters. The highest BCUT2D eigenvalue weighted by Crippen LogP contribution is 2.35. The average molecular weight is 496 g/mol. The molecule has 0 saturated carbocycles. The Morgan fingerprint density at radius 3 is 2.50 bits per heavy atom. The molecular weight excluding hydrogens is 468 g/mol. The third kappa shape index (κ3) is 5.74. The minimum absolute atomic E-state index is 0. The fraction of sp³-hybridized carbons (Fsp3) is 0.364. The maximum absolute atomic E-state index is 6.00. The highest BCUT2D eigenvalue weighted by Gasteiger charge is 2.12. The van der Waals surface area contributed by atoms with Crippen LogP contribution in [0.5, 0.6) is 11.5 Å². The van der Waals surface area contributed by atoms with Crippen LogP contribution in [0.25, 0.3) is 10.9 Å². The molecule has 0 radical (unpaired) electrons. The fourth-order valence-corrected chi connectivity index (χ4v) is 3.45. The van der Waals surface area contributed by atoms with Crippen LogP contribution in [0.4, 0.5) is 11.5 Å². The first-order chi connectivity index (χ1) is 14.0. The van der Waals surface area contributed by atoms with Gasteiger partial charge < -0.3 is 19.7 Å². The number of nitrogens with zero attached hydrogens (tertiary/aromatic N) is 3. The van der Waals surface area contributed by atoms with Crippen LogP contribution < -0.4 is 14.8 Å². The molecular formula is C22H28BrClN4O2. The monoisotopic (exact) mass is 494 g/mol. The van der Waals surface area contributed by atoms with Crippen molar-refractivity contribution in [1.29, 1.82) is 0 Å². The van der Waals surface area contributed by atoms with Crippen LogP contribution in [0.1, 0.15) is 19.4 Å². The molecule has 8 heteroatoms. The molecule has 0 aliphatic heterocycles. The van der Waals surface area contributed by atoms with Crippen LogP contribution in [0.3, 0.4) is 0 Å². The molecule has 162 valence electrons. The van der Waals surface area contributed by atoms with Gasteiger partial charge >= 0.3 is 0 Å². The molecule has 0 amide bonds. The molecule has 30 heavy (non-hydrogen) atoms. The first-order valence-electron chi connectivity index (χ1n) is 9.76. The first kappa shape index (κ1) is 24.2. The van der Waals surface area contributed by atoms with E-state index in [0.717, 1.165) is 46.5 Å². The molecule has 0 bridgehead atoms. The molecule has 0 saturated heterocycles. The summed E-state index contributed by atoms with van der Waals surface area (Å²) in [5, 5.41) is 4.25. The van der Waals surface area contributed by atoms with Crippen molar-refractivity contribution in [3.05, 3.63) is 46.7 Å². The van der Waals surface area contributed by atoms with Gasteiger partial charge in [0.25, 0.3) is 0 Å². The second-order valence-corrected chi connectivity index (χ2v) is 7.56. The Morgan fingerprint density at radius 1 is 1.07 bits per heavy atom. The molecule has 1 N–H and O–H groups in total. The Labute approximate surface area is 192 Å². The van der Waals surface area contributed by atoms with E-state index >= 15 is 0 Å². The maximum atomic E-state index is 6.00. The normalized spacial score (nSPS) is 10.7. The average Bonchev–Trinajstić information content (AvgIpc) is 2.73. The summed E-state index contributed by atoms with van der Waals surface area (Å²) in [5.74, 6) is 2.08. The highest BCUT2D eigenvalue weighted by atomic mass is 79.9. The molecule has 6 nitrogen and oxygen atoms in total. The number of aromatic nitrogens is 2. The van der Waals surface area contributed by atoms with E-state index in [0.29, 0.717) is 18.1 Å². The molecule has 0 aliphatic rings. The summed E-state index contributed by atoms with van der Waals surface area (Å²) in [6.07, 6.45) is 1.56. The maximum Gasteiger partial charge on any atom is 0.163 e. The van der Waals surface area contributed by atoms with Crippen molar-refractivity contribution in [2.24, 2.45) is 0 Å². The van der Waals surface area contributed by atoms with Gasteiger partial charge in [-0.3, -0.25) is 0 Å². The van der Waals surface area contributed by atoms with Gasteiger partial charge in [-0.1, -0.05) is 35.8 Å². The smallest absolute Gasteiger partial charge is 0.163 e. The number of hydrogen-bond acceptors (Lipinski definition) is 6. The van der Waals surface area contributed by atoms with E-state index < -0.39 is 0 Å². The van der Waals surface area contributed by atoms with Crippen molar-refractivity contribution in [2.45, 2.75) is 20.8 Å². The lowest BCUT2D eigenvalue weighted by atomic mass is 10.2. The van der Waals surface area contributed by atoms with Crippen molar-refractivity contribution < 1.29 is 9.47 Å². The highest BCUT2D eigenvalue weighted by molar-refractivity contribution is 9.10. The Morgan fingerprint density at radius 2 is 1.83 bits per heavy atom. The lowest BCUT2D eigenvalue weighted by Crippen LogP contribution is -2.27. The van der Waals surface area contributed by atoms with E-state index in [1.54, 1.807) is 13.4 Å². The number of anilines is 2. The number of ether oxygens (including phenoxy) is 2. The summed E-state index contributed by atoms with van der Waals surface area (Å²) in [5.41, 5.74) is 2.92. The quantitative estimate of drug-likeness (QED) is 0.417. The predicted molar refractivity (Wildman–Crippen MR) is 129 cm³/mol. The predicted octanol–water partition coefficient (Wildman–Crippen LogP) is 5.60. The summed E-state index contributed by atoms with van der Waals surface area (Å²) in [6.45, 7) is 9.83. The van der Waals surface area contributed by atoms with Gasteiger partial charge in [0.15, 0.2) is 11.5 Å². The van der Waals surface area contributed by atoms with E-state index in [1.807, 2.05) is 24.3 Å². The zero-order valence-electron chi connectivity index (χ0n) is 17.7. The van der Waals surface area contributed by atoms with Crippen LogP contribution >= 0.6 is 28.3 Å². The van der Waals surface area contributed by atoms with Gasteiger partial charge in [-0.25, -0.2) is 9.97 Å². The SMILES string of the molecule is CCN(CC)CCOc1cc2ncnc(Nc3ccc(C)c(Br)c3)c2cc1OC.Cl. The number of rotatable bonds is 9. The van der Waals surface area contributed by atoms with E-state index in [2.05, 4.69) is 63.0 Å². The van der Waals surface area contributed by atoms with Crippen molar-refractivity contribution in [1.82, 2.24) is 14.9 Å². The summed E-state index contributed by atoms with van der Waals surface area (Å²) in [6, 6.07) is 9.95. The number of fused-ring (bicyclic) bond motifs is 1. The summed E-state index contributed by atoms with van der Waals surface area (Å²) in [4.78, 5) is 11.2. The van der Waals surface area contributed by atoms with Gasteiger partial charge in [0.1, 0.15) is 18.8 Å². The first-order valence-corrected chi connectivity index (χ1v) is 10.6. The van der Waals surface area contributed by atoms with E-state index in [1.165, 1.54) is 5.56 Å². The van der Waals surface area contributed by atoms with E-state index in [4.69, 9.17) is 9.47 Å². The second-order valence-electron chi connectivity index (χ2n) is 6.71. The zero-order valence-corrected chi connectivity index (χ0v) is 20.1. The summed E-state index contributed by atoms with van der Waals surface area (Å²) in [7, 11) is 1.65. The van der Waals surface area contributed by atoms with Crippen LogP contribution in [0, 0.1) is 6.92 Å². The third-order valence-electron chi connectivity index (χ3n) is 4.91. The molecule has 0 aliphatic carbocycles. The summed E-state index contributed by atoms with van der Waals surface area (Å²) < 4.78 is 12.6. The molecule has 1 aromatic heterocycles. The number of halogens is 2. The fourth-order valence-electron chi connectivity index (χ4n) is 3.07. The molecule has 0 spiro atoms. The van der Waals surface area contributed by atoms with Gasteiger partial charge in [0.2, 0.25) is 0 Å². The molecule has 3 aromatic rings. The minimum Gasteiger partial charge on any atom is -0.493 e. The van der Waals surface area contributed by atoms with Gasteiger partial charge in [-0.05, 0) is 43.8 Å². The number of nitrogens with one attached hydrogen (secondary N) is 1. The number of benzene rings is 2. The Balaban J connectivity index is 0.00000320. The van der Waals surface area contributed by atoms with Crippen molar-refractivity contribution in [3.8, 4) is 11.5 Å². The Bertz CT molecular complexity index is 983. The molecule has 1 heterocycles. The van der Waals surface area contributed by atoms with Crippen LogP contribution in [-0.2, 0) is 0 Å². The van der Waals surface area contributed by atoms with Gasteiger partial charge in [0, 0.05) is 28.2 Å². The molecule has 0 unspecified atom stereocenters. The Hall–Kier alpha value is -2.09. The molecule has 3 rings (SSSR count). The van der Waals surface area contributed by atoms with Crippen molar-refractivity contribution in [3.63, 3.8) is 0 Å². The lowest BCUT2D eigenvalue weighted by Gasteiger charge is -2.19. The second kappa shape index (κ2) is 11.3. The van der Waals surface area contributed by atoms with Crippen LogP contribution in [0.2, 0.25) is 0 Å². The van der Waals surface area contributed by atoms with E-state index in [-0.39, 0.29) is 12.4 Å². The number of methoxy groups -OCH3 is 1. The number of aryl methyl sites for hydroxylation is 1. The number of hydrogen-bond donors (Lipinski definition) is 1. The van der Waals surface area contributed by atoms with Crippen molar-refractivity contribution in [2.75, 3.05) is 38.7 Å². The lowest BCUT2D eigenvalue weighted by molar-refractivity contribution is 0.217. The van der Waals surface area contributed by atoms with Gasteiger partial charge in [-0.15, -0.1) is 12.4 Å². The van der Waals surface area contributed by atoms with Crippen LogP contribution in [-0.4, -0.2) is 48.2 Å². The van der Waals surface area contributed by atoms with Crippen LogP contribution in [0.15, 0.2) is 41.1 Å². The standard InChI is InChI=1S/C22H27BrN4O2.ClH/c1-5-27(6-2)9-10-29-21-13-19-17(12-20(21)28-4)22(25-14-24-19)26-16-8-7-15(3)18(23)11-16;/h7-8,11-14H,5-6,9-10H2,1-4H3,(H,24,25,26);1H. The van der Waals surface area contributed by atoms with E-state index in [9.17, 15) is 0 Å². The zero-order chi connectivity index (χ0) is 20.8. The van der Waals surface area contributed by atoms with Gasteiger partial charge in [0.05, 0.1) is 12.6 Å². The minimum atomic E-state index is 0. The molecule has 0 fully saturated rings. The topological polar surface area (TPSA) is 59.5 Å². The summed E-state index contributed by atoms with van der Waals surface area (Å²) >= 11 is 3.57. The Kier molecular flexibility index (Phi) is 9.14. The third-order valence-corrected chi connectivity index (χ3v) is 5.77. The number of likely N-dealkylation sites (N-methyl/N-ethyl adjacent to an activating group) is 1. The van der Waals surface area contributed by atoms with Crippen molar-refractivity contribution >= 4 is 50.7 Å². The molecule has 2 aromatic carbocycles. The van der Waals surface area contributed by atoms with Gasteiger partial charge in [-0.2, -0.15) is 0 Å². The largest absolute Gasteiger partial charge is 0.493 e.